The highest BCUT2D eigenvalue weighted by Gasteiger charge is 2.49. The van der Waals surface area contributed by atoms with Crippen molar-refractivity contribution in [3.63, 3.8) is 0 Å². The lowest BCUT2D eigenvalue weighted by Crippen LogP contribution is -2.56. The summed E-state index contributed by atoms with van der Waals surface area (Å²) in [6, 6.07) is 11.8. The number of urea groups is 1. The van der Waals surface area contributed by atoms with Gasteiger partial charge in [0.05, 0.1) is 14.2 Å². The second-order valence-corrected chi connectivity index (χ2v) is 15.0. The van der Waals surface area contributed by atoms with Crippen molar-refractivity contribution in [3.05, 3.63) is 52.4 Å². The number of nitrogens with zero attached hydrogens (tertiary/aromatic N) is 1. The maximum atomic E-state index is 12.5. The number of anilines is 1. The van der Waals surface area contributed by atoms with Gasteiger partial charge in [0.25, 0.3) is 0 Å². The molecule has 0 aromatic heterocycles. The highest BCUT2D eigenvalue weighted by atomic mass is 16.5. The van der Waals surface area contributed by atoms with E-state index in [1.54, 1.807) is 38.8 Å². The predicted octanol–water partition coefficient (Wildman–Crippen LogP) is 8.12. The van der Waals surface area contributed by atoms with Gasteiger partial charge in [-0.25, -0.2) is 4.79 Å². The fourth-order valence-corrected chi connectivity index (χ4v) is 10.2. The number of methoxy groups -OCH3 is 2. The number of ether oxygens (including phenoxy) is 2. The Labute approximate surface area is 268 Å². The van der Waals surface area contributed by atoms with Gasteiger partial charge < -0.3 is 25.8 Å². The number of aryl methyl sites for hydroxylation is 2. The van der Waals surface area contributed by atoms with Gasteiger partial charge in [-0.2, -0.15) is 0 Å². The fourth-order valence-electron chi connectivity index (χ4n) is 10.2. The van der Waals surface area contributed by atoms with E-state index in [1.165, 1.54) is 57.8 Å². The van der Waals surface area contributed by atoms with Crippen molar-refractivity contribution in [2.75, 3.05) is 19.5 Å². The number of nitroso groups, excluding NO2 is 1. The minimum Gasteiger partial charge on any atom is -0.497 e. The average Bonchev–Trinajstić information content (AvgIpc) is 3.02. The first-order chi connectivity index (χ1) is 21.7. The number of carbonyl (C=O) groups excluding carboxylic acids is 1. The van der Waals surface area contributed by atoms with Gasteiger partial charge in [-0.1, -0.05) is 0 Å². The second-order valence-electron chi connectivity index (χ2n) is 15.0. The topological polar surface area (TPSA) is 115 Å². The number of amides is 2. The van der Waals surface area contributed by atoms with Gasteiger partial charge in [0, 0.05) is 17.8 Å². The van der Waals surface area contributed by atoms with Crippen LogP contribution in [-0.4, -0.2) is 32.3 Å². The maximum Gasteiger partial charge on any atom is 0.319 e. The molecule has 0 heterocycles. The molecule has 0 atom stereocenters. The van der Waals surface area contributed by atoms with Crippen LogP contribution in [0.4, 0.5) is 16.2 Å². The summed E-state index contributed by atoms with van der Waals surface area (Å²) < 4.78 is 10.2. The van der Waals surface area contributed by atoms with Gasteiger partial charge >= 0.3 is 6.03 Å². The molecule has 0 saturated heterocycles. The third-order valence-electron chi connectivity index (χ3n) is 12.0. The van der Waals surface area contributed by atoms with Crippen molar-refractivity contribution >= 4 is 17.4 Å². The Balaban J connectivity index is 0.000000135. The van der Waals surface area contributed by atoms with Crippen molar-refractivity contribution in [1.82, 2.24) is 5.32 Å². The number of hydrogen-bond acceptors (Lipinski definition) is 6. The normalized spacial score (nSPS) is 34.5. The largest absolute Gasteiger partial charge is 0.497 e. The van der Waals surface area contributed by atoms with Gasteiger partial charge in [-0.15, -0.1) is 4.91 Å². The molecule has 2 amide bonds. The molecule has 45 heavy (non-hydrogen) atoms. The van der Waals surface area contributed by atoms with Gasteiger partial charge in [0.1, 0.15) is 17.2 Å². The van der Waals surface area contributed by atoms with E-state index in [1.807, 2.05) is 32.0 Å². The molecule has 4 N–H and O–H groups in total. The zero-order valence-electron chi connectivity index (χ0n) is 27.5. The number of benzene rings is 2. The van der Waals surface area contributed by atoms with E-state index in [0.29, 0.717) is 29.6 Å². The summed E-state index contributed by atoms with van der Waals surface area (Å²) in [5.41, 5.74) is 9.34. The van der Waals surface area contributed by atoms with E-state index >= 15 is 0 Å². The first-order valence-corrected chi connectivity index (χ1v) is 17.2. The smallest absolute Gasteiger partial charge is 0.319 e. The van der Waals surface area contributed by atoms with Crippen LogP contribution < -0.4 is 25.8 Å². The molecule has 8 bridgehead atoms. The Morgan fingerprint density at radius 1 is 0.711 bits per heavy atom. The predicted molar refractivity (Wildman–Crippen MR) is 179 cm³/mol. The van der Waals surface area contributed by atoms with E-state index in [0.717, 1.165) is 63.8 Å². The molecule has 0 spiro atoms. The summed E-state index contributed by atoms with van der Waals surface area (Å²) in [6.07, 6.45) is 14.1. The zero-order chi connectivity index (χ0) is 31.7. The molecule has 8 fully saturated rings. The standard InChI is InChI=1S/C19H26N2O2.C10H17N.C8H9NO2/c1-11-5-16(23-2)3-4-17(11)20-19(22)21-18-14-7-12-6-13(9-14)10-15(18)8-12;11-10-8-2-6-1-7(4-8)5-9(10)3-6;1-6-5-7(11-2)3-4-8(6)9-10/h3-5,12-15,18H,6-10H2,1-2H3,(H2,20,21,22);6-10H,1-5,11H2;3-5H,1-2H3. The zero-order valence-corrected chi connectivity index (χ0v) is 27.5. The molecule has 8 saturated carbocycles. The van der Waals surface area contributed by atoms with Gasteiger partial charge in [0.15, 0.2) is 0 Å². The van der Waals surface area contributed by atoms with Crippen LogP contribution in [0.3, 0.4) is 0 Å². The second kappa shape index (κ2) is 13.7. The van der Waals surface area contributed by atoms with Crippen molar-refractivity contribution in [1.29, 1.82) is 0 Å². The quantitative estimate of drug-likeness (QED) is 0.294. The van der Waals surface area contributed by atoms with Gasteiger partial charge in [-0.3, -0.25) is 0 Å². The number of nitrogens with two attached hydrogens (primary N) is 1. The number of nitrogens with one attached hydrogen (secondary N) is 2. The van der Waals surface area contributed by atoms with Crippen LogP contribution >= 0.6 is 0 Å². The van der Waals surface area contributed by atoms with Gasteiger partial charge in [-0.05, 0) is 178 Å². The van der Waals surface area contributed by atoms with Crippen molar-refractivity contribution in [3.8, 4) is 11.5 Å². The molecular weight excluding hydrogens is 564 g/mol. The maximum absolute atomic E-state index is 12.5. The van der Waals surface area contributed by atoms with Crippen LogP contribution in [0.1, 0.15) is 75.3 Å². The highest BCUT2D eigenvalue weighted by molar-refractivity contribution is 5.90. The number of rotatable bonds is 5. The molecule has 2 aromatic carbocycles. The molecule has 8 nitrogen and oxygen atoms in total. The fraction of sp³-hybridized carbons (Fsp3) is 0.649. The molecule has 0 radical (unpaired) electrons. The Kier molecular flexibility index (Phi) is 9.69. The lowest BCUT2D eigenvalue weighted by Gasteiger charge is -2.54. The summed E-state index contributed by atoms with van der Waals surface area (Å²) >= 11 is 0. The van der Waals surface area contributed by atoms with Crippen molar-refractivity contribution < 1.29 is 14.3 Å². The van der Waals surface area contributed by atoms with Crippen LogP contribution in [0, 0.1) is 66.1 Å². The van der Waals surface area contributed by atoms with E-state index in [9.17, 15) is 9.70 Å². The van der Waals surface area contributed by atoms with E-state index in [2.05, 4.69) is 15.8 Å². The molecule has 244 valence electrons. The molecule has 8 heteroatoms. The van der Waals surface area contributed by atoms with E-state index in [-0.39, 0.29) is 6.03 Å². The van der Waals surface area contributed by atoms with Crippen molar-refractivity contribution in [2.45, 2.75) is 90.1 Å². The molecular formula is C37H52N4O4. The van der Waals surface area contributed by atoms with E-state index < -0.39 is 0 Å². The van der Waals surface area contributed by atoms with E-state index in [4.69, 9.17) is 15.2 Å². The SMILES string of the molecule is COc1ccc(N=O)c(C)c1.COc1ccc(NC(=O)NC2C3CC4CC(C3)CC2C4)c(C)c1.NC1C2CC3CC(C2)CC1C3. The summed E-state index contributed by atoms with van der Waals surface area (Å²) in [5, 5.41) is 9.14. The van der Waals surface area contributed by atoms with Crippen LogP contribution in [0.5, 0.6) is 11.5 Å². The first kappa shape index (κ1) is 31.8. The molecule has 8 aliphatic rings. The molecule has 2 aromatic rings. The van der Waals surface area contributed by atoms with Crippen LogP contribution in [0.15, 0.2) is 41.6 Å². The molecule has 0 aliphatic heterocycles. The summed E-state index contributed by atoms with van der Waals surface area (Å²) in [6.45, 7) is 3.81. The Morgan fingerprint density at radius 2 is 1.18 bits per heavy atom. The molecule has 8 aliphatic carbocycles. The third kappa shape index (κ3) is 7.16. The summed E-state index contributed by atoms with van der Waals surface area (Å²) in [4.78, 5) is 22.6. The van der Waals surface area contributed by atoms with Gasteiger partial charge in [0.2, 0.25) is 0 Å². The Bertz CT molecular complexity index is 1310. The number of carbonyl (C=O) groups is 1. The average molecular weight is 617 g/mol. The lowest BCUT2D eigenvalue weighted by atomic mass is 9.54. The third-order valence-corrected chi connectivity index (χ3v) is 12.0. The minimum atomic E-state index is -0.0595. The minimum absolute atomic E-state index is 0.0595. The van der Waals surface area contributed by atoms with Crippen LogP contribution in [0.25, 0.3) is 0 Å². The Hall–Kier alpha value is -3.13. The highest BCUT2D eigenvalue weighted by Crippen LogP contribution is 2.54. The Morgan fingerprint density at radius 3 is 1.62 bits per heavy atom. The molecule has 10 rings (SSSR count). The van der Waals surface area contributed by atoms with Crippen LogP contribution in [0.2, 0.25) is 0 Å². The summed E-state index contributed by atoms with van der Waals surface area (Å²) in [7, 11) is 3.24. The van der Waals surface area contributed by atoms with Crippen molar-refractivity contribution in [2.24, 2.45) is 58.3 Å². The van der Waals surface area contributed by atoms with Crippen LogP contribution in [-0.2, 0) is 0 Å². The lowest BCUT2D eigenvalue weighted by molar-refractivity contribution is -0.00883. The summed E-state index contributed by atoms with van der Waals surface area (Å²) in [5.74, 6) is 8.84. The first-order valence-electron chi connectivity index (χ1n) is 17.2. The monoisotopic (exact) mass is 616 g/mol. The molecule has 0 unspecified atom stereocenters. The number of hydrogen-bond donors (Lipinski definition) is 3.